The second-order valence-corrected chi connectivity index (χ2v) is 5.00. The Labute approximate surface area is 111 Å². The van der Waals surface area contributed by atoms with Crippen LogP contribution in [0.2, 0.25) is 0 Å². The Bertz CT molecular complexity index is 458. The van der Waals surface area contributed by atoms with Crippen LogP contribution in [0.25, 0.3) is 0 Å². The zero-order chi connectivity index (χ0) is 12.6. The third-order valence-corrected chi connectivity index (χ3v) is 3.47. The predicted molar refractivity (Wildman–Crippen MR) is 73.2 cm³/mol. The Morgan fingerprint density at radius 3 is 2.56 bits per heavy atom. The first kappa shape index (κ1) is 13.0. The van der Waals surface area contributed by atoms with Gasteiger partial charge in [-0.1, -0.05) is 18.2 Å². The van der Waals surface area contributed by atoms with Crippen molar-refractivity contribution >= 4 is 11.3 Å². The van der Waals surface area contributed by atoms with Gasteiger partial charge in [-0.05, 0) is 19.2 Å². The summed E-state index contributed by atoms with van der Waals surface area (Å²) in [6, 6.07) is 9.83. The van der Waals surface area contributed by atoms with E-state index in [1.807, 2.05) is 37.4 Å². The molecule has 0 unspecified atom stereocenters. The fourth-order valence-corrected chi connectivity index (χ4v) is 2.32. The summed E-state index contributed by atoms with van der Waals surface area (Å²) in [5, 5.41) is 13.5. The number of nitrogens with zero attached hydrogens (tertiary/aromatic N) is 2. The normalized spacial score (nSPS) is 10.5. The molecule has 1 aromatic carbocycles. The molecule has 0 aliphatic rings. The molecule has 1 aromatic heterocycles. The Kier molecular flexibility index (Phi) is 5.11. The Morgan fingerprint density at radius 2 is 1.83 bits per heavy atom. The van der Waals surface area contributed by atoms with E-state index in [4.69, 9.17) is 4.74 Å². The molecule has 5 heteroatoms. The number of aromatic nitrogens is 2. The van der Waals surface area contributed by atoms with Crippen molar-refractivity contribution in [2.24, 2.45) is 0 Å². The van der Waals surface area contributed by atoms with Crippen molar-refractivity contribution in [3.05, 3.63) is 40.3 Å². The van der Waals surface area contributed by atoms with E-state index in [2.05, 4.69) is 15.5 Å². The molecule has 4 nitrogen and oxygen atoms in total. The van der Waals surface area contributed by atoms with Crippen LogP contribution in [-0.4, -0.2) is 30.4 Å². The van der Waals surface area contributed by atoms with Gasteiger partial charge in [-0.3, -0.25) is 0 Å². The molecule has 0 fully saturated rings. The molecule has 96 valence electrons. The molecule has 0 aliphatic heterocycles. The first-order valence-electron chi connectivity index (χ1n) is 6.02. The lowest BCUT2D eigenvalue weighted by molar-refractivity contribution is 0.321. The van der Waals surface area contributed by atoms with Crippen LogP contribution in [0.1, 0.15) is 10.0 Å². The molecule has 0 spiro atoms. The zero-order valence-electron chi connectivity index (χ0n) is 10.4. The highest BCUT2D eigenvalue weighted by atomic mass is 32.1. The molecular weight excluding hydrogens is 246 g/mol. The van der Waals surface area contributed by atoms with Crippen molar-refractivity contribution in [2.45, 2.75) is 12.8 Å². The van der Waals surface area contributed by atoms with Crippen LogP contribution in [0.15, 0.2) is 30.3 Å². The van der Waals surface area contributed by atoms with Crippen LogP contribution in [0.4, 0.5) is 0 Å². The average molecular weight is 263 g/mol. The van der Waals surface area contributed by atoms with Crippen LogP contribution < -0.4 is 10.1 Å². The SMILES string of the molecule is CNCCc1nnc(CCOc2ccccc2)s1. The van der Waals surface area contributed by atoms with Gasteiger partial charge in [0.1, 0.15) is 15.8 Å². The fourth-order valence-electron chi connectivity index (χ4n) is 1.50. The van der Waals surface area contributed by atoms with E-state index in [9.17, 15) is 0 Å². The highest BCUT2D eigenvalue weighted by Crippen LogP contribution is 2.12. The first-order valence-corrected chi connectivity index (χ1v) is 6.84. The molecule has 2 aromatic rings. The summed E-state index contributed by atoms with van der Waals surface area (Å²) in [6.07, 6.45) is 1.75. The van der Waals surface area contributed by atoms with Crippen LogP contribution >= 0.6 is 11.3 Å². The Morgan fingerprint density at radius 1 is 1.11 bits per heavy atom. The van der Waals surface area contributed by atoms with Gasteiger partial charge in [0.15, 0.2) is 0 Å². The molecule has 0 amide bonds. The second-order valence-electron chi connectivity index (χ2n) is 3.85. The number of hydrogen-bond acceptors (Lipinski definition) is 5. The fraction of sp³-hybridized carbons (Fsp3) is 0.385. The highest BCUT2D eigenvalue weighted by Gasteiger charge is 2.03. The minimum atomic E-state index is 0.644. The van der Waals surface area contributed by atoms with Gasteiger partial charge in [0, 0.05) is 19.4 Å². The van der Waals surface area contributed by atoms with E-state index < -0.39 is 0 Å². The number of likely N-dealkylation sites (N-methyl/N-ethyl adjacent to an activating group) is 1. The van der Waals surface area contributed by atoms with Gasteiger partial charge in [0.25, 0.3) is 0 Å². The van der Waals surface area contributed by atoms with Crippen molar-refractivity contribution in [3.8, 4) is 5.75 Å². The molecule has 1 heterocycles. The molecule has 1 N–H and O–H groups in total. The van der Waals surface area contributed by atoms with Crippen molar-refractivity contribution in [1.82, 2.24) is 15.5 Å². The maximum atomic E-state index is 5.63. The van der Waals surface area contributed by atoms with Crippen molar-refractivity contribution in [2.75, 3.05) is 20.2 Å². The third-order valence-electron chi connectivity index (χ3n) is 2.43. The number of hydrogen-bond donors (Lipinski definition) is 1. The third kappa shape index (κ3) is 4.09. The number of benzene rings is 1. The topological polar surface area (TPSA) is 47.0 Å². The lowest BCUT2D eigenvalue weighted by atomic mass is 10.3. The first-order chi connectivity index (χ1) is 8.88. The van der Waals surface area contributed by atoms with E-state index in [0.717, 1.165) is 35.2 Å². The van der Waals surface area contributed by atoms with Crippen LogP contribution in [0.3, 0.4) is 0 Å². The average Bonchev–Trinajstić information content (AvgIpc) is 2.85. The van der Waals surface area contributed by atoms with Gasteiger partial charge in [0.2, 0.25) is 0 Å². The summed E-state index contributed by atoms with van der Waals surface area (Å²) in [7, 11) is 1.94. The Hall–Kier alpha value is -1.46. The smallest absolute Gasteiger partial charge is 0.120 e. The Balaban J connectivity index is 1.75. The molecule has 0 radical (unpaired) electrons. The lowest BCUT2D eigenvalue weighted by Gasteiger charge is -2.03. The van der Waals surface area contributed by atoms with Gasteiger partial charge in [-0.2, -0.15) is 0 Å². The second kappa shape index (κ2) is 7.08. The maximum Gasteiger partial charge on any atom is 0.120 e. The van der Waals surface area contributed by atoms with E-state index in [1.54, 1.807) is 11.3 Å². The van der Waals surface area contributed by atoms with Crippen LogP contribution in [-0.2, 0) is 12.8 Å². The molecule has 0 saturated heterocycles. The minimum absolute atomic E-state index is 0.644. The van der Waals surface area contributed by atoms with Gasteiger partial charge in [0.05, 0.1) is 6.61 Å². The molecule has 0 aliphatic carbocycles. The molecule has 18 heavy (non-hydrogen) atoms. The molecule has 0 saturated carbocycles. The molecule has 0 atom stereocenters. The predicted octanol–water partition coefficient (Wildman–Crippen LogP) is 1.92. The highest BCUT2D eigenvalue weighted by molar-refractivity contribution is 7.11. The van der Waals surface area contributed by atoms with E-state index >= 15 is 0 Å². The van der Waals surface area contributed by atoms with Gasteiger partial charge in [-0.15, -0.1) is 21.5 Å². The molecule has 0 bridgehead atoms. The summed E-state index contributed by atoms with van der Waals surface area (Å²) < 4.78 is 5.63. The monoisotopic (exact) mass is 263 g/mol. The summed E-state index contributed by atoms with van der Waals surface area (Å²) in [6.45, 7) is 1.58. The van der Waals surface area contributed by atoms with E-state index in [0.29, 0.717) is 6.61 Å². The standard InChI is InChI=1S/C13H17N3OS/c1-14-9-7-12-15-16-13(18-12)8-10-17-11-5-3-2-4-6-11/h2-6,14H,7-10H2,1H3. The van der Waals surface area contributed by atoms with Gasteiger partial charge < -0.3 is 10.1 Å². The largest absolute Gasteiger partial charge is 0.493 e. The van der Waals surface area contributed by atoms with E-state index in [-0.39, 0.29) is 0 Å². The van der Waals surface area contributed by atoms with Crippen LogP contribution in [0, 0.1) is 0 Å². The lowest BCUT2D eigenvalue weighted by Crippen LogP contribution is -2.09. The summed E-state index contributed by atoms with van der Waals surface area (Å²) >= 11 is 1.67. The number of nitrogens with one attached hydrogen (secondary N) is 1. The van der Waals surface area contributed by atoms with Crippen LogP contribution in [0.5, 0.6) is 5.75 Å². The minimum Gasteiger partial charge on any atom is -0.493 e. The van der Waals surface area contributed by atoms with Crippen molar-refractivity contribution in [1.29, 1.82) is 0 Å². The zero-order valence-corrected chi connectivity index (χ0v) is 11.2. The quantitative estimate of drug-likeness (QED) is 0.829. The number of para-hydroxylation sites is 1. The van der Waals surface area contributed by atoms with Gasteiger partial charge in [-0.25, -0.2) is 0 Å². The maximum absolute atomic E-state index is 5.63. The summed E-state index contributed by atoms with van der Waals surface area (Å²) in [4.78, 5) is 0. The molecule has 2 rings (SSSR count). The van der Waals surface area contributed by atoms with E-state index in [1.165, 1.54) is 0 Å². The summed E-state index contributed by atoms with van der Waals surface area (Å²) in [5.74, 6) is 0.900. The van der Waals surface area contributed by atoms with Crippen molar-refractivity contribution in [3.63, 3.8) is 0 Å². The summed E-state index contributed by atoms with van der Waals surface area (Å²) in [5.41, 5.74) is 0. The molecular formula is C13H17N3OS. The van der Waals surface area contributed by atoms with Gasteiger partial charge >= 0.3 is 0 Å². The number of ether oxygens (including phenoxy) is 1. The number of rotatable bonds is 7. The van der Waals surface area contributed by atoms with Crippen molar-refractivity contribution < 1.29 is 4.74 Å².